The van der Waals surface area contributed by atoms with Crippen LogP contribution >= 0.6 is 12.4 Å². The van der Waals surface area contributed by atoms with Crippen LogP contribution in [0.25, 0.3) is 0 Å². The van der Waals surface area contributed by atoms with E-state index in [-0.39, 0.29) is 12.4 Å². The zero-order valence-electron chi connectivity index (χ0n) is 10.3. The van der Waals surface area contributed by atoms with Gasteiger partial charge in [-0.2, -0.15) is 0 Å². The van der Waals surface area contributed by atoms with Crippen LogP contribution in [0.4, 0.5) is 0 Å². The maximum absolute atomic E-state index is 12.2. The third kappa shape index (κ3) is 3.11. The second-order valence-electron chi connectivity index (χ2n) is 5.70. The van der Waals surface area contributed by atoms with Gasteiger partial charge in [-0.05, 0) is 37.8 Å². The van der Waals surface area contributed by atoms with Crippen LogP contribution in [-0.2, 0) is 4.79 Å². The van der Waals surface area contributed by atoms with E-state index >= 15 is 0 Å². The topological polar surface area (TPSA) is 32.3 Å². The van der Waals surface area contributed by atoms with E-state index in [0.29, 0.717) is 17.2 Å². The number of halogens is 1. The Morgan fingerprint density at radius 1 is 1.31 bits per heavy atom. The molecule has 0 aromatic carbocycles. The average molecular weight is 247 g/mol. The molecule has 1 amide bonds. The fraction of sp³-hybridized carbons (Fsp3) is 0.917. The third-order valence-corrected chi connectivity index (χ3v) is 3.68. The first-order valence-corrected chi connectivity index (χ1v) is 6.08. The molecule has 2 rings (SSSR count). The standard InChI is InChI=1S/C12H22N2O.ClH/c1-12(2)5-8-14(9-12)11(15)10-3-6-13-7-4-10;/h10,13H,3-9H2,1-2H3;1H. The Balaban J connectivity index is 0.00000128. The Morgan fingerprint density at radius 2 is 1.94 bits per heavy atom. The summed E-state index contributed by atoms with van der Waals surface area (Å²) in [7, 11) is 0. The van der Waals surface area contributed by atoms with Crippen molar-refractivity contribution in [3.63, 3.8) is 0 Å². The monoisotopic (exact) mass is 246 g/mol. The van der Waals surface area contributed by atoms with Gasteiger partial charge in [0.1, 0.15) is 0 Å². The van der Waals surface area contributed by atoms with Crippen molar-refractivity contribution in [3.05, 3.63) is 0 Å². The van der Waals surface area contributed by atoms with Crippen LogP contribution < -0.4 is 5.32 Å². The van der Waals surface area contributed by atoms with E-state index < -0.39 is 0 Å². The molecule has 0 bridgehead atoms. The van der Waals surface area contributed by atoms with Gasteiger partial charge in [0.05, 0.1) is 0 Å². The number of carbonyl (C=O) groups excluding carboxylic acids is 1. The van der Waals surface area contributed by atoms with Crippen molar-refractivity contribution in [2.24, 2.45) is 11.3 Å². The minimum absolute atomic E-state index is 0. The minimum atomic E-state index is 0. The Bertz CT molecular complexity index is 249. The number of nitrogens with zero attached hydrogens (tertiary/aromatic N) is 1. The highest BCUT2D eigenvalue weighted by molar-refractivity contribution is 5.85. The maximum Gasteiger partial charge on any atom is 0.225 e. The summed E-state index contributed by atoms with van der Waals surface area (Å²) in [6, 6.07) is 0. The lowest BCUT2D eigenvalue weighted by Gasteiger charge is -2.27. The van der Waals surface area contributed by atoms with Gasteiger partial charge >= 0.3 is 0 Å². The molecule has 4 heteroatoms. The van der Waals surface area contributed by atoms with Crippen molar-refractivity contribution < 1.29 is 4.79 Å². The number of amides is 1. The molecule has 2 heterocycles. The van der Waals surface area contributed by atoms with Gasteiger partial charge in [0.15, 0.2) is 0 Å². The first-order chi connectivity index (χ1) is 7.08. The molecule has 0 unspecified atom stereocenters. The number of carbonyl (C=O) groups is 1. The summed E-state index contributed by atoms with van der Waals surface area (Å²) in [5.41, 5.74) is 0.336. The Morgan fingerprint density at radius 3 is 2.44 bits per heavy atom. The van der Waals surface area contributed by atoms with Gasteiger partial charge in [-0.15, -0.1) is 12.4 Å². The molecule has 2 saturated heterocycles. The van der Waals surface area contributed by atoms with Crippen molar-refractivity contribution in [1.82, 2.24) is 10.2 Å². The highest BCUT2D eigenvalue weighted by atomic mass is 35.5. The lowest BCUT2D eigenvalue weighted by Crippen LogP contribution is -2.40. The normalized spacial score (nSPS) is 25.2. The fourth-order valence-electron chi connectivity index (χ4n) is 2.63. The third-order valence-electron chi connectivity index (χ3n) is 3.68. The molecule has 0 spiro atoms. The Hall–Kier alpha value is -0.280. The van der Waals surface area contributed by atoms with E-state index in [0.717, 1.165) is 45.4 Å². The smallest absolute Gasteiger partial charge is 0.225 e. The van der Waals surface area contributed by atoms with Crippen molar-refractivity contribution in [3.8, 4) is 0 Å². The van der Waals surface area contributed by atoms with Crippen molar-refractivity contribution >= 4 is 18.3 Å². The largest absolute Gasteiger partial charge is 0.342 e. The van der Waals surface area contributed by atoms with E-state index in [1.54, 1.807) is 0 Å². The minimum Gasteiger partial charge on any atom is -0.342 e. The van der Waals surface area contributed by atoms with Crippen LogP contribution in [0.2, 0.25) is 0 Å². The molecule has 0 aliphatic carbocycles. The van der Waals surface area contributed by atoms with Crippen LogP contribution in [0.1, 0.15) is 33.1 Å². The number of likely N-dealkylation sites (tertiary alicyclic amines) is 1. The van der Waals surface area contributed by atoms with Gasteiger partial charge in [-0.1, -0.05) is 13.8 Å². The molecular weight excluding hydrogens is 224 g/mol. The molecule has 16 heavy (non-hydrogen) atoms. The molecule has 0 aromatic rings. The lowest BCUT2D eigenvalue weighted by atomic mass is 9.93. The number of piperidine rings is 1. The van der Waals surface area contributed by atoms with Gasteiger partial charge in [-0.25, -0.2) is 0 Å². The van der Waals surface area contributed by atoms with E-state index in [4.69, 9.17) is 0 Å². The molecule has 0 atom stereocenters. The van der Waals surface area contributed by atoms with E-state index in [9.17, 15) is 4.79 Å². The van der Waals surface area contributed by atoms with Crippen LogP contribution in [0, 0.1) is 11.3 Å². The Kier molecular flexibility index (Phi) is 4.62. The van der Waals surface area contributed by atoms with Crippen LogP contribution in [0.15, 0.2) is 0 Å². The lowest BCUT2D eigenvalue weighted by molar-refractivity contribution is -0.135. The van der Waals surface area contributed by atoms with E-state index in [2.05, 4.69) is 24.1 Å². The zero-order chi connectivity index (χ0) is 10.9. The molecule has 1 N–H and O–H groups in total. The molecule has 3 nitrogen and oxygen atoms in total. The molecule has 2 aliphatic heterocycles. The van der Waals surface area contributed by atoms with Gasteiger partial charge < -0.3 is 10.2 Å². The molecule has 2 fully saturated rings. The first-order valence-electron chi connectivity index (χ1n) is 6.08. The van der Waals surface area contributed by atoms with E-state index in [1.165, 1.54) is 0 Å². The highest BCUT2D eigenvalue weighted by Gasteiger charge is 2.35. The maximum atomic E-state index is 12.2. The summed E-state index contributed by atoms with van der Waals surface area (Å²) in [4.78, 5) is 14.3. The van der Waals surface area contributed by atoms with Crippen molar-refractivity contribution in [2.45, 2.75) is 33.1 Å². The highest BCUT2D eigenvalue weighted by Crippen LogP contribution is 2.30. The predicted octanol–water partition coefficient (Wildman–Crippen LogP) is 1.67. The number of hydrogen-bond acceptors (Lipinski definition) is 2. The predicted molar refractivity (Wildman–Crippen MR) is 67.8 cm³/mol. The van der Waals surface area contributed by atoms with Crippen LogP contribution in [0.5, 0.6) is 0 Å². The van der Waals surface area contributed by atoms with Crippen LogP contribution in [0.3, 0.4) is 0 Å². The second-order valence-corrected chi connectivity index (χ2v) is 5.70. The summed E-state index contributed by atoms with van der Waals surface area (Å²) in [6.45, 7) is 8.44. The molecule has 0 saturated carbocycles. The van der Waals surface area contributed by atoms with Crippen LogP contribution in [-0.4, -0.2) is 37.0 Å². The van der Waals surface area contributed by atoms with Gasteiger partial charge in [0, 0.05) is 19.0 Å². The Labute approximate surface area is 104 Å². The summed E-state index contributed by atoms with van der Waals surface area (Å²) in [5.74, 6) is 0.697. The summed E-state index contributed by atoms with van der Waals surface area (Å²) < 4.78 is 0. The van der Waals surface area contributed by atoms with Gasteiger partial charge in [0.2, 0.25) is 5.91 Å². The average Bonchev–Trinajstić information content (AvgIpc) is 2.59. The second kappa shape index (κ2) is 5.37. The van der Waals surface area contributed by atoms with Crippen molar-refractivity contribution in [2.75, 3.05) is 26.2 Å². The first kappa shape index (κ1) is 13.8. The molecule has 0 radical (unpaired) electrons. The zero-order valence-corrected chi connectivity index (χ0v) is 11.1. The molecular formula is C12H23ClN2O. The molecule has 2 aliphatic rings. The fourth-order valence-corrected chi connectivity index (χ4v) is 2.63. The number of rotatable bonds is 1. The molecule has 0 aromatic heterocycles. The SMILES string of the molecule is CC1(C)CCN(C(=O)C2CCNCC2)C1.Cl. The summed E-state index contributed by atoms with van der Waals surface area (Å²) >= 11 is 0. The van der Waals surface area contributed by atoms with Crippen molar-refractivity contribution in [1.29, 1.82) is 0 Å². The van der Waals surface area contributed by atoms with Gasteiger partial charge in [-0.3, -0.25) is 4.79 Å². The van der Waals surface area contributed by atoms with Gasteiger partial charge in [0.25, 0.3) is 0 Å². The summed E-state index contributed by atoms with van der Waals surface area (Å²) in [5, 5.41) is 3.31. The quantitative estimate of drug-likeness (QED) is 0.764. The molecule has 94 valence electrons. The number of nitrogens with one attached hydrogen (secondary N) is 1. The number of hydrogen-bond donors (Lipinski definition) is 1. The van der Waals surface area contributed by atoms with E-state index in [1.807, 2.05) is 0 Å². The summed E-state index contributed by atoms with van der Waals surface area (Å²) in [6.07, 6.45) is 3.20.